The molecule has 1 heterocycles. The Morgan fingerprint density at radius 2 is 1.50 bits per heavy atom. The predicted molar refractivity (Wildman–Crippen MR) is 101 cm³/mol. The van der Waals surface area contributed by atoms with E-state index < -0.39 is 0 Å². The van der Waals surface area contributed by atoms with Gasteiger partial charge in [-0.25, -0.2) is 0 Å². The van der Waals surface area contributed by atoms with Crippen molar-refractivity contribution in [3.8, 4) is 33.4 Å². The monoisotopic (exact) mass is 307 g/mol. The van der Waals surface area contributed by atoms with Crippen molar-refractivity contribution < 1.29 is 0 Å². The molecule has 0 saturated heterocycles. The summed E-state index contributed by atoms with van der Waals surface area (Å²) >= 11 is 0. The van der Waals surface area contributed by atoms with Crippen LogP contribution in [0.2, 0.25) is 0 Å². The highest BCUT2D eigenvalue weighted by Gasteiger charge is 2.25. The molecule has 1 heteroatoms. The SMILES string of the molecule is Cc1cccc(-c2cc(C)cc3c2-c2cccc4nccc-3c24)c1. The van der Waals surface area contributed by atoms with Gasteiger partial charge in [-0.2, -0.15) is 0 Å². The standard InChI is InChI=1S/C23H17N/c1-14-5-3-6-16(11-14)19-12-15(2)13-20-17-9-10-24-21-8-4-7-18(22(19)20)23(17)21/h3-13H,1-2H3. The Bertz CT molecular complexity index is 1120. The molecule has 0 N–H and O–H groups in total. The number of benzene rings is 3. The van der Waals surface area contributed by atoms with Crippen molar-refractivity contribution in [3.63, 3.8) is 0 Å². The maximum absolute atomic E-state index is 4.56. The number of aromatic nitrogens is 1. The molecule has 0 fully saturated rings. The maximum atomic E-state index is 4.56. The third-order valence-corrected chi connectivity index (χ3v) is 4.94. The third-order valence-electron chi connectivity index (χ3n) is 4.94. The van der Waals surface area contributed by atoms with Crippen LogP contribution < -0.4 is 0 Å². The van der Waals surface area contributed by atoms with Gasteiger partial charge in [-0.15, -0.1) is 0 Å². The second kappa shape index (κ2) is 4.78. The van der Waals surface area contributed by atoms with Gasteiger partial charge in [-0.1, -0.05) is 54.1 Å². The number of nitrogens with zero attached hydrogens (tertiary/aromatic N) is 1. The number of hydrogen-bond acceptors (Lipinski definition) is 1. The van der Waals surface area contributed by atoms with E-state index in [9.17, 15) is 0 Å². The fraction of sp³-hybridized carbons (Fsp3) is 0.0870. The van der Waals surface area contributed by atoms with E-state index in [0.29, 0.717) is 0 Å². The van der Waals surface area contributed by atoms with Crippen molar-refractivity contribution in [2.75, 3.05) is 0 Å². The summed E-state index contributed by atoms with van der Waals surface area (Å²) in [6.07, 6.45) is 1.92. The Labute approximate surface area is 141 Å². The lowest BCUT2D eigenvalue weighted by Gasteiger charge is -2.13. The second-order valence-electron chi connectivity index (χ2n) is 6.66. The average molecular weight is 307 g/mol. The van der Waals surface area contributed by atoms with Gasteiger partial charge in [0.15, 0.2) is 0 Å². The zero-order chi connectivity index (χ0) is 16.3. The fourth-order valence-corrected chi connectivity index (χ4v) is 3.97. The summed E-state index contributed by atoms with van der Waals surface area (Å²) in [5, 5.41) is 1.29. The molecule has 4 aromatic rings. The van der Waals surface area contributed by atoms with Crippen LogP contribution in [0.25, 0.3) is 44.3 Å². The Hall–Kier alpha value is -2.93. The molecule has 1 aliphatic carbocycles. The zero-order valence-corrected chi connectivity index (χ0v) is 13.8. The lowest BCUT2D eigenvalue weighted by Crippen LogP contribution is -1.88. The minimum absolute atomic E-state index is 1.08. The molecule has 24 heavy (non-hydrogen) atoms. The van der Waals surface area contributed by atoms with E-state index in [2.05, 4.69) is 79.5 Å². The van der Waals surface area contributed by atoms with Crippen LogP contribution in [0.3, 0.4) is 0 Å². The van der Waals surface area contributed by atoms with Gasteiger partial charge >= 0.3 is 0 Å². The van der Waals surface area contributed by atoms with Crippen molar-refractivity contribution in [1.29, 1.82) is 0 Å². The van der Waals surface area contributed by atoms with Crippen molar-refractivity contribution in [2.45, 2.75) is 13.8 Å². The molecule has 1 aromatic heterocycles. The minimum Gasteiger partial charge on any atom is -0.256 e. The van der Waals surface area contributed by atoms with E-state index in [1.54, 1.807) is 0 Å². The summed E-state index contributed by atoms with van der Waals surface area (Å²) < 4.78 is 0. The Balaban J connectivity index is 1.93. The van der Waals surface area contributed by atoms with Gasteiger partial charge in [-0.3, -0.25) is 4.98 Å². The Morgan fingerprint density at radius 1 is 0.667 bits per heavy atom. The van der Waals surface area contributed by atoms with Gasteiger partial charge in [0.1, 0.15) is 0 Å². The quantitative estimate of drug-likeness (QED) is 0.361. The van der Waals surface area contributed by atoms with Crippen molar-refractivity contribution in [3.05, 3.63) is 78.0 Å². The summed E-state index contributed by atoms with van der Waals surface area (Å²) in [5.74, 6) is 0. The molecule has 3 aromatic carbocycles. The van der Waals surface area contributed by atoms with Crippen molar-refractivity contribution >= 4 is 10.9 Å². The third kappa shape index (κ3) is 1.78. The molecular formula is C23H17N. The largest absolute Gasteiger partial charge is 0.256 e. The predicted octanol–water partition coefficient (Wildman–Crippen LogP) is 6.17. The highest BCUT2D eigenvalue weighted by molar-refractivity contribution is 6.17. The molecule has 0 spiro atoms. The summed E-state index contributed by atoms with van der Waals surface area (Å²) in [5.41, 5.74) is 11.6. The van der Waals surface area contributed by atoms with Gasteiger partial charge in [0, 0.05) is 11.6 Å². The number of rotatable bonds is 1. The lowest BCUT2D eigenvalue weighted by atomic mass is 9.91. The topological polar surface area (TPSA) is 12.9 Å². The molecule has 0 amide bonds. The van der Waals surface area contributed by atoms with Crippen LogP contribution in [0, 0.1) is 13.8 Å². The van der Waals surface area contributed by atoms with Crippen LogP contribution in [0.15, 0.2) is 66.9 Å². The van der Waals surface area contributed by atoms with E-state index >= 15 is 0 Å². The minimum atomic E-state index is 1.08. The Morgan fingerprint density at radius 3 is 2.38 bits per heavy atom. The van der Waals surface area contributed by atoms with E-state index in [-0.39, 0.29) is 0 Å². The zero-order valence-electron chi connectivity index (χ0n) is 13.8. The molecule has 5 rings (SSSR count). The molecule has 0 radical (unpaired) electrons. The first-order chi connectivity index (χ1) is 11.7. The maximum Gasteiger partial charge on any atom is 0.0714 e. The molecule has 0 bridgehead atoms. The normalized spacial score (nSPS) is 11.8. The molecule has 0 atom stereocenters. The molecule has 1 aliphatic rings. The van der Waals surface area contributed by atoms with Crippen LogP contribution in [0.4, 0.5) is 0 Å². The van der Waals surface area contributed by atoms with Gasteiger partial charge in [0.2, 0.25) is 0 Å². The Kier molecular flexibility index (Phi) is 2.69. The van der Waals surface area contributed by atoms with Crippen LogP contribution in [-0.4, -0.2) is 4.98 Å². The van der Waals surface area contributed by atoms with E-state index in [1.165, 1.54) is 49.9 Å². The van der Waals surface area contributed by atoms with E-state index in [0.717, 1.165) is 5.52 Å². The molecule has 0 unspecified atom stereocenters. The lowest BCUT2D eigenvalue weighted by molar-refractivity contribution is 1.42. The van der Waals surface area contributed by atoms with E-state index in [4.69, 9.17) is 0 Å². The number of aryl methyl sites for hydroxylation is 2. The van der Waals surface area contributed by atoms with Crippen LogP contribution in [0.5, 0.6) is 0 Å². The van der Waals surface area contributed by atoms with Gasteiger partial charge in [-0.05, 0) is 64.9 Å². The van der Waals surface area contributed by atoms with Crippen molar-refractivity contribution in [2.24, 2.45) is 0 Å². The number of fused-ring (bicyclic) bond motifs is 3. The van der Waals surface area contributed by atoms with Crippen LogP contribution in [0.1, 0.15) is 11.1 Å². The average Bonchev–Trinajstić information content (AvgIpc) is 2.91. The molecular weight excluding hydrogens is 290 g/mol. The number of pyridine rings is 1. The van der Waals surface area contributed by atoms with Gasteiger partial charge < -0.3 is 0 Å². The highest BCUT2D eigenvalue weighted by atomic mass is 14.6. The summed E-state index contributed by atoms with van der Waals surface area (Å²) in [7, 11) is 0. The fourth-order valence-electron chi connectivity index (χ4n) is 3.97. The van der Waals surface area contributed by atoms with Crippen LogP contribution >= 0.6 is 0 Å². The van der Waals surface area contributed by atoms with Crippen LogP contribution in [-0.2, 0) is 0 Å². The van der Waals surface area contributed by atoms with Gasteiger partial charge in [0.25, 0.3) is 0 Å². The summed E-state index contributed by atoms with van der Waals surface area (Å²) in [6, 6.07) is 22.0. The van der Waals surface area contributed by atoms with E-state index in [1.807, 2.05) is 6.20 Å². The number of hydrogen-bond donors (Lipinski definition) is 0. The first kappa shape index (κ1) is 13.5. The molecule has 114 valence electrons. The van der Waals surface area contributed by atoms with Gasteiger partial charge in [0.05, 0.1) is 5.52 Å². The molecule has 1 nitrogen and oxygen atoms in total. The summed E-state index contributed by atoms with van der Waals surface area (Å²) in [6.45, 7) is 4.33. The molecule has 0 saturated carbocycles. The highest BCUT2D eigenvalue weighted by Crippen LogP contribution is 2.50. The molecule has 0 aliphatic heterocycles. The van der Waals surface area contributed by atoms with Crippen molar-refractivity contribution in [1.82, 2.24) is 4.98 Å². The second-order valence-corrected chi connectivity index (χ2v) is 6.66. The smallest absolute Gasteiger partial charge is 0.0714 e. The summed E-state index contributed by atoms with van der Waals surface area (Å²) in [4.78, 5) is 4.56. The first-order valence-corrected chi connectivity index (χ1v) is 8.32. The first-order valence-electron chi connectivity index (χ1n) is 8.32.